The van der Waals surface area contributed by atoms with Crippen LogP contribution in [-0.4, -0.2) is 36.6 Å². The fourth-order valence-corrected chi connectivity index (χ4v) is 2.28. The fourth-order valence-electron chi connectivity index (χ4n) is 2.28. The molecule has 1 unspecified atom stereocenters. The molecule has 0 aromatic rings. The molecular formula is C17H26N2O5. The Morgan fingerprint density at radius 1 is 1.38 bits per heavy atom. The fraction of sp³-hybridized carbons (Fsp3) is 0.765. The summed E-state index contributed by atoms with van der Waals surface area (Å²) in [5.74, 6) is -0.667. The van der Waals surface area contributed by atoms with Gasteiger partial charge >= 0.3 is 24.4 Å². The van der Waals surface area contributed by atoms with E-state index < -0.39 is 18.4 Å². The van der Waals surface area contributed by atoms with Crippen LogP contribution in [0.15, 0.2) is 0 Å². The summed E-state index contributed by atoms with van der Waals surface area (Å²) in [5.41, 5.74) is 0. The van der Waals surface area contributed by atoms with Gasteiger partial charge in [0, 0.05) is 0 Å². The van der Waals surface area contributed by atoms with Gasteiger partial charge in [-0.25, -0.2) is 13.1 Å². The monoisotopic (exact) mass is 338 g/mol. The minimum absolute atomic E-state index is 0.0610. The number of rotatable bonds is 5. The van der Waals surface area contributed by atoms with E-state index in [0.717, 1.165) is 0 Å². The highest BCUT2D eigenvalue weighted by atomic mass is 16.6. The molecule has 0 aliphatic carbocycles. The van der Waals surface area contributed by atoms with Crippen LogP contribution in [0, 0.1) is 36.8 Å². The Morgan fingerprint density at radius 3 is 2.25 bits per heavy atom. The predicted octanol–water partition coefficient (Wildman–Crippen LogP) is 2.51. The van der Waals surface area contributed by atoms with Gasteiger partial charge in [-0.05, 0) is 11.8 Å². The molecule has 0 bridgehead atoms. The number of carbonyl (C=O) groups excluding carboxylic acids is 2. The van der Waals surface area contributed by atoms with Gasteiger partial charge in [-0.15, -0.1) is 0 Å². The Morgan fingerprint density at radius 2 is 1.96 bits per heavy atom. The van der Waals surface area contributed by atoms with Gasteiger partial charge in [0.05, 0.1) is 31.8 Å². The van der Waals surface area contributed by atoms with Crippen molar-refractivity contribution in [2.75, 3.05) is 7.11 Å². The van der Waals surface area contributed by atoms with Crippen molar-refractivity contribution in [1.82, 2.24) is 0 Å². The Hall–Kier alpha value is -2.12. The summed E-state index contributed by atoms with van der Waals surface area (Å²) in [6.45, 7) is 20.9. The Balaban J connectivity index is 0.000000446. The lowest BCUT2D eigenvalue weighted by molar-refractivity contribution is -0.148. The van der Waals surface area contributed by atoms with Gasteiger partial charge in [0.2, 0.25) is 0 Å². The normalized spacial score (nSPS) is 21.8. The SMILES string of the molecule is [C-]#[N+]C1C[C@@H](C(C)C)C(=O)O1.[C-]#[N+][C@@H](O)C[C@H](C(=O)OC)C(C)C. The lowest BCUT2D eigenvalue weighted by Crippen LogP contribution is -2.25. The van der Waals surface area contributed by atoms with Crippen LogP contribution < -0.4 is 0 Å². The highest BCUT2D eigenvalue weighted by Gasteiger charge is 2.39. The Kier molecular flexibility index (Phi) is 9.68. The van der Waals surface area contributed by atoms with E-state index in [1.54, 1.807) is 0 Å². The van der Waals surface area contributed by atoms with Gasteiger partial charge in [-0.1, -0.05) is 27.7 Å². The minimum Gasteiger partial charge on any atom is -0.469 e. The predicted molar refractivity (Wildman–Crippen MR) is 87.0 cm³/mol. The van der Waals surface area contributed by atoms with Crippen molar-refractivity contribution >= 4 is 11.9 Å². The molecule has 4 atom stereocenters. The van der Waals surface area contributed by atoms with Crippen molar-refractivity contribution in [3.8, 4) is 0 Å². The first-order valence-corrected chi connectivity index (χ1v) is 7.87. The third-order valence-corrected chi connectivity index (χ3v) is 3.88. The molecule has 0 aromatic carbocycles. The lowest BCUT2D eigenvalue weighted by atomic mass is 9.92. The molecule has 0 amide bonds. The van der Waals surface area contributed by atoms with E-state index in [2.05, 4.69) is 14.4 Å². The lowest BCUT2D eigenvalue weighted by Gasteiger charge is -2.16. The summed E-state index contributed by atoms with van der Waals surface area (Å²) >= 11 is 0. The number of aliphatic hydroxyl groups excluding tert-OH is 1. The van der Waals surface area contributed by atoms with Crippen molar-refractivity contribution in [1.29, 1.82) is 0 Å². The molecule has 7 heteroatoms. The second-order valence-electron chi connectivity index (χ2n) is 6.33. The van der Waals surface area contributed by atoms with Gasteiger partial charge in [-0.2, -0.15) is 0 Å². The van der Waals surface area contributed by atoms with Crippen molar-refractivity contribution in [2.45, 2.75) is 53.0 Å². The molecule has 24 heavy (non-hydrogen) atoms. The van der Waals surface area contributed by atoms with Crippen molar-refractivity contribution in [2.24, 2.45) is 23.7 Å². The van der Waals surface area contributed by atoms with E-state index in [0.29, 0.717) is 6.42 Å². The van der Waals surface area contributed by atoms with Gasteiger partial charge in [0.25, 0.3) is 0 Å². The zero-order valence-corrected chi connectivity index (χ0v) is 14.9. The average Bonchev–Trinajstić information content (AvgIpc) is 2.93. The van der Waals surface area contributed by atoms with Crippen LogP contribution >= 0.6 is 0 Å². The second kappa shape index (κ2) is 10.6. The molecular weight excluding hydrogens is 312 g/mol. The molecule has 1 aliphatic rings. The zero-order chi connectivity index (χ0) is 18.9. The third kappa shape index (κ3) is 6.97. The molecule has 134 valence electrons. The summed E-state index contributed by atoms with van der Waals surface area (Å²) in [4.78, 5) is 28.3. The van der Waals surface area contributed by atoms with Crippen LogP contribution in [0.5, 0.6) is 0 Å². The largest absolute Gasteiger partial charge is 0.469 e. The van der Waals surface area contributed by atoms with Crippen LogP contribution in [0.4, 0.5) is 0 Å². The van der Waals surface area contributed by atoms with Crippen LogP contribution in [0.25, 0.3) is 9.69 Å². The summed E-state index contributed by atoms with van der Waals surface area (Å²) < 4.78 is 9.36. The molecule has 7 nitrogen and oxygen atoms in total. The number of esters is 2. The number of cyclic esters (lactones) is 1. The van der Waals surface area contributed by atoms with Crippen LogP contribution in [0.1, 0.15) is 40.5 Å². The maximum absolute atomic E-state index is 11.2. The summed E-state index contributed by atoms with van der Waals surface area (Å²) in [6.07, 6.45) is -0.908. The van der Waals surface area contributed by atoms with E-state index in [1.807, 2.05) is 27.7 Å². The summed E-state index contributed by atoms with van der Waals surface area (Å²) in [7, 11) is 1.31. The number of methoxy groups -OCH3 is 1. The van der Waals surface area contributed by atoms with Crippen molar-refractivity contribution < 1.29 is 24.2 Å². The van der Waals surface area contributed by atoms with Crippen LogP contribution in [0.2, 0.25) is 0 Å². The Labute approximate surface area is 143 Å². The van der Waals surface area contributed by atoms with E-state index >= 15 is 0 Å². The maximum atomic E-state index is 11.2. The van der Waals surface area contributed by atoms with Gasteiger partial charge < -0.3 is 14.6 Å². The highest BCUT2D eigenvalue weighted by molar-refractivity contribution is 5.75. The van der Waals surface area contributed by atoms with Crippen molar-refractivity contribution in [3.63, 3.8) is 0 Å². The molecule has 0 radical (unpaired) electrons. The first-order chi connectivity index (χ1) is 11.2. The van der Waals surface area contributed by atoms with E-state index in [1.165, 1.54) is 7.11 Å². The number of aliphatic hydroxyl groups is 1. The highest BCUT2D eigenvalue weighted by Crippen LogP contribution is 2.27. The molecule has 1 aliphatic heterocycles. The molecule has 1 heterocycles. The molecule has 0 aromatic heterocycles. The van der Waals surface area contributed by atoms with Crippen LogP contribution in [0.3, 0.4) is 0 Å². The van der Waals surface area contributed by atoms with Crippen LogP contribution in [-0.2, 0) is 19.1 Å². The third-order valence-electron chi connectivity index (χ3n) is 3.88. The van der Waals surface area contributed by atoms with E-state index in [-0.39, 0.29) is 36.1 Å². The summed E-state index contributed by atoms with van der Waals surface area (Å²) in [6, 6.07) is 0. The molecule has 0 saturated carbocycles. The minimum atomic E-state index is -1.11. The first-order valence-electron chi connectivity index (χ1n) is 7.87. The average molecular weight is 338 g/mol. The number of hydrogen-bond donors (Lipinski definition) is 1. The molecule has 0 spiro atoms. The van der Waals surface area contributed by atoms with E-state index in [4.69, 9.17) is 23.0 Å². The molecule has 1 rings (SSSR count). The first kappa shape index (κ1) is 21.9. The number of ether oxygens (including phenoxy) is 2. The molecule has 1 N–H and O–H groups in total. The molecule has 1 fully saturated rings. The Bertz CT molecular complexity index is 504. The number of hydrogen-bond acceptors (Lipinski definition) is 5. The van der Waals surface area contributed by atoms with Gasteiger partial charge in [-0.3, -0.25) is 19.3 Å². The zero-order valence-electron chi connectivity index (χ0n) is 14.9. The topological polar surface area (TPSA) is 81.5 Å². The van der Waals surface area contributed by atoms with Crippen molar-refractivity contribution in [3.05, 3.63) is 22.8 Å². The quantitative estimate of drug-likeness (QED) is 0.615. The number of nitrogens with zero attached hydrogens (tertiary/aromatic N) is 2. The smallest absolute Gasteiger partial charge is 0.369 e. The maximum Gasteiger partial charge on any atom is 0.369 e. The van der Waals surface area contributed by atoms with E-state index in [9.17, 15) is 9.59 Å². The van der Waals surface area contributed by atoms with Gasteiger partial charge in [0.1, 0.15) is 0 Å². The number of carbonyl (C=O) groups is 2. The standard InChI is InChI=1S/C9H15NO3.C8H11NO2/c1-6(2)7(9(12)13-4)5-8(11)10-3;1-5(2)6-4-7(9-3)11-8(6)10/h6-8,11H,5H2,1-2,4H3;5-7H,4H2,1-2H3/t7-,8-;6-,7?/m00/s1. The molecule has 1 saturated heterocycles. The van der Waals surface area contributed by atoms with Gasteiger partial charge in [0.15, 0.2) is 0 Å². The summed E-state index contributed by atoms with van der Waals surface area (Å²) in [5, 5.41) is 9.06. The second-order valence-corrected chi connectivity index (χ2v) is 6.33.